The van der Waals surface area contributed by atoms with Crippen LogP contribution in [0, 0.1) is 12.3 Å². The summed E-state index contributed by atoms with van der Waals surface area (Å²) in [5.41, 5.74) is 2.72. The molecule has 1 rings (SSSR count). The SMILES string of the molecule is C#CC[N+](C)(C)NC(=O)c1ccco1.[Br-]. The fourth-order valence-corrected chi connectivity index (χ4v) is 1.01. The molecule has 0 aliphatic heterocycles. The Morgan fingerprint density at radius 3 is 2.80 bits per heavy atom. The number of nitrogens with one attached hydrogen (secondary N) is 1. The van der Waals surface area contributed by atoms with Crippen LogP contribution in [0.4, 0.5) is 0 Å². The van der Waals surface area contributed by atoms with E-state index in [2.05, 4.69) is 11.3 Å². The number of hydrogen-bond donors (Lipinski definition) is 1. The third-order valence-electron chi connectivity index (χ3n) is 1.64. The van der Waals surface area contributed by atoms with E-state index in [1.165, 1.54) is 6.26 Å². The van der Waals surface area contributed by atoms with Gasteiger partial charge in [-0.2, -0.15) is 5.43 Å². The molecule has 0 fully saturated rings. The van der Waals surface area contributed by atoms with Crippen LogP contribution in [0.2, 0.25) is 0 Å². The normalized spacial score (nSPS) is 9.93. The fourth-order valence-electron chi connectivity index (χ4n) is 1.01. The van der Waals surface area contributed by atoms with Gasteiger partial charge in [-0.05, 0) is 18.1 Å². The molecule has 0 unspecified atom stereocenters. The number of furan rings is 1. The molecule has 0 aliphatic carbocycles. The molecule has 1 aromatic rings. The molecule has 0 saturated carbocycles. The Morgan fingerprint density at radius 1 is 1.67 bits per heavy atom. The molecule has 82 valence electrons. The van der Waals surface area contributed by atoms with Gasteiger partial charge in [0.25, 0.3) is 0 Å². The van der Waals surface area contributed by atoms with Crippen LogP contribution < -0.4 is 22.4 Å². The Hall–Kier alpha value is -1.25. The number of quaternary nitrogens is 1. The first kappa shape index (κ1) is 13.8. The van der Waals surface area contributed by atoms with Crippen molar-refractivity contribution in [2.75, 3.05) is 20.6 Å². The number of halogens is 1. The minimum Gasteiger partial charge on any atom is -1.00 e. The number of carbonyl (C=O) groups is 1. The number of nitrogens with zero attached hydrogens (tertiary/aromatic N) is 1. The van der Waals surface area contributed by atoms with Crippen LogP contribution in [0.25, 0.3) is 0 Å². The van der Waals surface area contributed by atoms with Crippen molar-refractivity contribution < 1.29 is 30.8 Å². The highest BCUT2D eigenvalue weighted by Crippen LogP contribution is 2.01. The Kier molecular flexibility index (Phi) is 5.12. The van der Waals surface area contributed by atoms with E-state index < -0.39 is 0 Å². The van der Waals surface area contributed by atoms with Gasteiger partial charge in [0.2, 0.25) is 0 Å². The summed E-state index contributed by atoms with van der Waals surface area (Å²) in [6, 6.07) is 3.27. The Balaban J connectivity index is 0.00000196. The van der Waals surface area contributed by atoms with E-state index in [0.29, 0.717) is 6.54 Å². The van der Waals surface area contributed by atoms with Crippen LogP contribution >= 0.6 is 0 Å². The van der Waals surface area contributed by atoms with E-state index in [0.717, 1.165) is 0 Å². The van der Waals surface area contributed by atoms with Gasteiger partial charge in [-0.25, -0.2) is 4.59 Å². The van der Waals surface area contributed by atoms with Crippen molar-refractivity contribution in [1.29, 1.82) is 0 Å². The lowest BCUT2D eigenvalue weighted by atomic mass is 10.4. The Bertz CT molecular complexity index is 352. The zero-order valence-electron chi connectivity index (χ0n) is 8.66. The van der Waals surface area contributed by atoms with E-state index in [-0.39, 0.29) is 33.2 Å². The molecule has 5 heteroatoms. The topological polar surface area (TPSA) is 42.2 Å². The van der Waals surface area contributed by atoms with Crippen LogP contribution in [-0.4, -0.2) is 31.1 Å². The molecule has 0 spiro atoms. The van der Waals surface area contributed by atoms with Crippen molar-refractivity contribution in [1.82, 2.24) is 5.43 Å². The number of rotatable bonds is 3. The average molecular weight is 273 g/mol. The zero-order valence-corrected chi connectivity index (χ0v) is 10.2. The smallest absolute Gasteiger partial charge is 0.331 e. The zero-order chi connectivity index (χ0) is 10.6. The van der Waals surface area contributed by atoms with Crippen molar-refractivity contribution in [3.8, 4) is 12.3 Å². The molecular weight excluding hydrogens is 260 g/mol. The lowest BCUT2D eigenvalue weighted by Crippen LogP contribution is -3.00. The number of hydrogen-bond acceptors (Lipinski definition) is 2. The summed E-state index contributed by atoms with van der Waals surface area (Å²) in [6.45, 7) is 0.423. The number of carbonyl (C=O) groups excluding carboxylic acids is 1. The van der Waals surface area contributed by atoms with Crippen molar-refractivity contribution in [3.63, 3.8) is 0 Å². The maximum atomic E-state index is 11.5. The predicted octanol–water partition coefficient (Wildman–Crippen LogP) is -2.36. The van der Waals surface area contributed by atoms with Crippen molar-refractivity contribution >= 4 is 5.91 Å². The molecule has 0 bridgehead atoms. The highest BCUT2D eigenvalue weighted by Gasteiger charge is 2.20. The van der Waals surface area contributed by atoms with Crippen molar-refractivity contribution in [2.45, 2.75) is 0 Å². The first-order valence-corrected chi connectivity index (χ1v) is 4.18. The third-order valence-corrected chi connectivity index (χ3v) is 1.64. The van der Waals surface area contributed by atoms with E-state index >= 15 is 0 Å². The molecule has 0 aliphatic rings. The molecule has 1 heterocycles. The molecule has 1 aromatic heterocycles. The second-order valence-corrected chi connectivity index (χ2v) is 3.47. The highest BCUT2D eigenvalue weighted by atomic mass is 79.9. The van der Waals surface area contributed by atoms with E-state index in [1.807, 2.05) is 0 Å². The highest BCUT2D eigenvalue weighted by molar-refractivity contribution is 5.90. The van der Waals surface area contributed by atoms with Crippen LogP contribution in [0.1, 0.15) is 10.6 Å². The quantitative estimate of drug-likeness (QED) is 0.380. The number of amides is 1. The maximum absolute atomic E-state index is 11.5. The standard InChI is InChI=1S/C10H12N2O2.BrH/c1-4-7-12(2,3)11-10(13)9-6-5-8-14-9;/h1,5-6,8H,7H2,2-3H3;1H. The second kappa shape index (κ2) is 5.59. The van der Waals surface area contributed by atoms with Gasteiger partial charge in [0.15, 0.2) is 12.3 Å². The van der Waals surface area contributed by atoms with Gasteiger partial charge >= 0.3 is 5.91 Å². The molecule has 1 amide bonds. The molecule has 4 nitrogen and oxygen atoms in total. The van der Waals surface area contributed by atoms with Crippen molar-refractivity contribution in [2.24, 2.45) is 0 Å². The van der Waals surface area contributed by atoms with Crippen LogP contribution in [0.15, 0.2) is 22.8 Å². The van der Waals surface area contributed by atoms with Gasteiger partial charge in [0.1, 0.15) is 0 Å². The van der Waals surface area contributed by atoms with E-state index in [9.17, 15) is 4.79 Å². The number of terminal acetylenes is 1. The van der Waals surface area contributed by atoms with Crippen molar-refractivity contribution in [3.05, 3.63) is 24.2 Å². The van der Waals surface area contributed by atoms with Gasteiger partial charge in [0.05, 0.1) is 20.4 Å². The summed E-state index contributed by atoms with van der Waals surface area (Å²) in [6.07, 6.45) is 6.62. The van der Waals surface area contributed by atoms with Crippen LogP contribution in [-0.2, 0) is 0 Å². The second-order valence-electron chi connectivity index (χ2n) is 3.47. The Morgan fingerprint density at radius 2 is 2.33 bits per heavy atom. The Labute approximate surface area is 99.6 Å². The summed E-state index contributed by atoms with van der Waals surface area (Å²) in [7, 11) is 3.61. The van der Waals surface area contributed by atoms with Gasteiger partial charge in [-0.1, -0.05) is 0 Å². The lowest BCUT2D eigenvalue weighted by Gasteiger charge is -2.25. The van der Waals surface area contributed by atoms with Gasteiger partial charge in [0, 0.05) is 0 Å². The van der Waals surface area contributed by atoms with Crippen LogP contribution in [0.5, 0.6) is 0 Å². The van der Waals surface area contributed by atoms with Gasteiger partial charge in [-0.3, -0.25) is 4.79 Å². The van der Waals surface area contributed by atoms with Gasteiger partial charge < -0.3 is 21.4 Å². The summed E-state index contributed by atoms with van der Waals surface area (Å²) >= 11 is 0. The molecular formula is C10H13BrN2O2. The summed E-state index contributed by atoms with van der Waals surface area (Å²) in [4.78, 5) is 11.5. The molecule has 1 N–H and O–H groups in total. The first-order valence-electron chi connectivity index (χ1n) is 4.18. The molecule has 0 aromatic carbocycles. The monoisotopic (exact) mass is 272 g/mol. The largest absolute Gasteiger partial charge is 1.00 e. The fraction of sp³-hybridized carbons (Fsp3) is 0.300. The van der Waals surface area contributed by atoms with E-state index in [4.69, 9.17) is 10.8 Å². The lowest BCUT2D eigenvalue weighted by molar-refractivity contribution is -0.917. The first-order chi connectivity index (χ1) is 6.55. The summed E-state index contributed by atoms with van der Waals surface area (Å²) in [5.74, 6) is 2.50. The minimum atomic E-state index is -0.268. The van der Waals surface area contributed by atoms with Gasteiger partial charge in [-0.15, -0.1) is 6.42 Å². The molecule has 0 saturated heterocycles. The van der Waals surface area contributed by atoms with Crippen LogP contribution in [0.3, 0.4) is 0 Å². The maximum Gasteiger partial charge on any atom is 0.331 e. The molecule has 0 atom stereocenters. The minimum absolute atomic E-state index is 0. The van der Waals surface area contributed by atoms with E-state index in [1.54, 1.807) is 26.2 Å². The molecule has 15 heavy (non-hydrogen) atoms. The molecule has 0 radical (unpaired) electrons. The average Bonchev–Trinajstić information content (AvgIpc) is 2.53. The third kappa shape index (κ3) is 4.19. The summed E-state index contributed by atoms with van der Waals surface area (Å²) in [5, 5.41) is 0. The predicted molar refractivity (Wildman–Crippen MR) is 52.0 cm³/mol. The summed E-state index contributed by atoms with van der Waals surface area (Å²) < 4.78 is 5.18.